The van der Waals surface area contributed by atoms with E-state index < -0.39 is 11.8 Å². The number of hydrogen-bond acceptors (Lipinski definition) is 3. The normalized spacial score (nSPS) is 10.4. The molecule has 130 valence electrons. The Labute approximate surface area is 156 Å². The van der Waals surface area contributed by atoms with E-state index in [0.717, 1.165) is 0 Å². The van der Waals surface area contributed by atoms with Gasteiger partial charge in [-0.2, -0.15) is 0 Å². The smallest absolute Gasteiger partial charge is 0.340 e. The highest BCUT2D eigenvalue weighted by atomic mass is 35.5. The number of ether oxygens (including phenoxy) is 1. The number of carbonyl (C=O) groups is 1. The molecule has 1 aromatic heterocycles. The van der Waals surface area contributed by atoms with Gasteiger partial charge in [0.1, 0.15) is 5.82 Å². The summed E-state index contributed by atoms with van der Waals surface area (Å²) in [5, 5.41) is 1.10. The van der Waals surface area contributed by atoms with Crippen molar-refractivity contribution in [2.45, 2.75) is 13.8 Å². The minimum Gasteiger partial charge on any atom is -1.00 e. The van der Waals surface area contributed by atoms with E-state index in [-0.39, 0.29) is 24.6 Å². The molecule has 0 unspecified atom stereocenters. The molecule has 6 heteroatoms. The Morgan fingerprint density at radius 1 is 1.24 bits per heavy atom. The molecule has 0 saturated carbocycles. The van der Waals surface area contributed by atoms with Gasteiger partial charge in [-0.3, -0.25) is 4.98 Å². The number of aryl methyl sites for hydroxylation is 1. The fourth-order valence-corrected chi connectivity index (χ4v) is 2.93. The van der Waals surface area contributed by atoms with Crippen LogP contribution in [0.1, 0.15) is 23.0 Å². The molecule has 0 bridgehead atoms. The number of halogens is 3. The summed E-state index contributed by atoms with van der Waals surface area (Å²) in [5.41, 5.74) is 2.16. The number of hydrogen-bond donors (Lipinski definition) is 0. The standard InChI is InChI=1S/C19H15ClFNO2.ClH/c1-3-24-19(23)17-11(2)22-16-9-8-12(20)10-14(16)18(17)13-6-4-5-7-15(13)21;/h4-10H,3H2,1-2H3;1H/p-1. The Morgan fingerprint density at radius 3 is 2.64 bits per heavy atom. The lowest BCUT2D eigenvalue weighted by Gasteiger charge is -2.15. The van der Waals surface area contributed by atoms with Crippen molar-refractivity contribution in [1.29, 1.82) is 0 Å². The largest absolute Gasteiger partial charge is 1.00 e. The van der Waals surface area contributed by atoms with Crippen molar-refractivity contribution < 1.29 is 26.3 Å². The van der Waals surface area contributed by atoms with Crippen molar-refractivity contribution in [3.8, 4) is 11.1 Å². The summed E-state index contributed by atoms with van der Waals surface area (Å²) in [6, 6.07) is 11.5. The number of nitrogens with zero attached hydrogens (tertiary/aromatic N) is 1. The zero-order valence-electron chi connectivity index (χ0n) is 13.6. The number of benzene rings is 2. The van der Waals surface area contributed by atoms with E-state index in [0.29, 0.717) is 32.7 Å². The third-order valence-corrected chi connectivity index (χ3v) is 3.99. The molecule has 3 aromatic rings. The van der Waals surface area contributed by atoms with E-state index in [1.807, 2.05) is 0 Å². The van der Waals surface area contributed by atoms with E-state index in [2.05, 4.69) is 4.98 Å². The Hall–Kier alpha value is -2.17. The number of rotatable bonds is 3. The summed E-state index contributed by atoms with van der Waals surface area (Å²) in [6.45, 7) is 3.66. The topological polar surface area (TPSA) is 39.2 Å². The molecule has 2 aromatic carbocycles. The van der Waals surface area contributed by atoms with Crippen molar-refractivity contribution >= 4 is 28.5 Å². The molecule has 0 fully saturated rings. The molecule has 0 atom stereocenters. The van der Waals surface area contributed by atoms with Crippen molar-refractivity contribution in [2.24, 2.45) is 0 Å². The average Bonchev–Trinajstić information content (AvgIpc) is 2.55. The predicted octanol–water partition coefficient (Wildman–Crippen LogP) is 2.18. The zero-order chi connectivity index (χ0) is 17.3. The molecular weight excluding hydrogens is 364 g/mol. The van der Waals surface area contributed by atoms with Crippen molar-refractivity contribution in [3.63, 3.8) is 0 Å². The first-order chi connectivity index (χ1) is 11.5. The lowest BCUT2D eigenvalue weighted by molar-refractivity contribution is -0.0000239. The number of aromatic nitrogens is 1. The van der Waals surface area contributed by atoms with Crippen molar-refractivity contribution in [1.82, 2.24) is 4.98 Å². The molecule has 0 radical (unpaired) electrons. The van der Waals surface area contributed by atoms with Crippen LogP contribution in [-0.2, 0) is 4.74 Å². The van der Waals surface area contributed by atoms with Crippen LogP contribution in [0.25, 0.3) is 22.0 Å². The second-order valence-corrected chi connectivity index (χ2v) is 5.75. The van der Waals surface area contributed by atoms with Gasteiger partial charge in [-0.05, 0) is 38.1 Å². The van der Waals surface area contributed by atoms with E-state index in [4.69, 9.17) is 16.3 Å². The van der Waals surface area contributed by atoms with Crippen LogP contribution in [0.3, 0.4) is 0 Å². The Kier molecular flexibility index (Phi) is 5.98. The van der Waals surface area contributed by atoms with Gasteiger partial charge in [-0.1, -0.05) is 29.8 Å². The third kappa shape index (κ3) is 3.60. The Bertz CT molecular complexity index is 944. The Balaban J connectivity index is 0.00000225. The van der Waals surface area contributed by atoms with Crippen LogP contribution in [0.5, 0.6) is 0 Å². The van der Waals surface area contributed by atoms with Gasteiger partial charge in [-0.15, -0.1) is 0 Å². The third-order valence-electron chi connectivity index (χ3n) is 3.75. The number of fused-ring (bicyclic) bond motifs is 1. The molecule has 25 heavy (non-hydrogen) atoms. The van der Waals surface area contributed by atoms with Gasteiger partial charge in [0.05, 0.1) is 23.4 Å². The van der Waals surface area contributed by atoms with Crippen LogP contribution >= 0.6 is 11.6 Å². The van der Waals surface area contributed by atoms with Crippen molar-refractivity contribution in [3.05, 3.63) is 64.6 Å². The summed E-state index contributed by atoms with van der Waals surface area (Å²) in [5.74, 6) is -0.947. The Morgan fingerprint density at radius 2 is 1.96 bits per heavy atom. The first kappa shape index (κ1) is 19.2. The molecule has 0 aliphatic rings. The number of pyridine rings is 1. The summed E-state index contributed by atoms with van der Waals surface area (Å²) < 4.78 is 19.6. The highest BCUT2D eigenvalue weighted by Crippen LogP contribution is 2.36. The first-order valence-electron chi connectivity index (χ1n) is 7.54. The van der Waals surface area contributed by atoms with Crippen LogP contribution in [0.2, 0.25) is 5.02 Å². The average molecular weight is 379 g/mol. The summed E-state index contributed by atoms with van der Waals surface area (Å²) in [7, 11) is 0. The number of carbonyl (C=O) groups excluding carboxylic acids is 1. The minimum absolute atomic E-state index is 0. The molecule has 0 spiro atoms. The SMILES string of the molecule is CCOC(=O)c1c(C)nc2ccc(Cl)cc2c1-c1ccccc1F.[Cl-]. The van der Waals surface area contributed by atoms with Crippen LogP contribution in [0.15, 0.2) is 42.5 Å². The molecular formula is C19H15Cl2FNO2-. The second-order valence-electron chi connectivity index (χ2n) is 5.31. The van der Waals surface area contributed by atoms with Gasteiger partial charge in [-0.25, -0.2) is 9.18 Å². The fourth-order valence-electron chi connectivity index (χ4n) is 2.75. The molecule has 3 rings (SSSR count). The minimum atomic E-state index is -0.525. The van der Waals surface area contributed by atoms with Crippen molar-refractivity contribution in [2.75, 3.05) is 6.61 Å². The van der Waals surface area contributed by atoms with Gasteiger partial charge in [0.2, 0.25) is 0 Å². The summed E-state index contributed by atoms with van der Waals surface area (Å²) >= 11 is 6.11. The quantitative estimate of drug-likeness (QED) is 0.655. The molecule has 0 amide bonds. The van der Waals surface area contributed by atoms with E-state index >= 15 is 0 Å². The molecule has 3 nitrogen and oxygen atoms in total. The van der Waals surface area contributed by atoms with Gasteiger partial charge in [0.25, 0.3) is 0 Å². The second kappa shape index (κ2) is 7.81. The summed E-state index contributed by atoms with van der Waals surface area (Å²) in [4.78, 5) is 16.9. The van der Waals surface area contributed by atoms with Crippen LogP contribution in [0, 0.1) is 12.7 Å². The fraction of sp³-hybridized carbons (Fsp3) is 0.158. The predicted molar refractivity (Wildman–Crippen MR) is 92.8 cm³/mol. The first-order valence-corrected chi connectivity index (χ1v) is 7.92. The molecule has 0 saturated heterocycles. The number of esters is 1. The van der Waals surface area contributed by atoms with Crippen LogP contribution in [0.4, 0.5) is 4.39 Å². The maximum absolute atomic E-state index is 14.5. The maximum atomic E-state index is 14.5. The summed E-state index contributed by atoms with van der Waals surface area (Å²) in [6.07, 6.45) is 0. The van der Waals surface area contributed by atoms with E-state index in [1.165, 1.54) is 6.07 Å². The molecule has 0 aliphatic carbocycles. The maximum Gasteiger partial charge on any atom is 0.340 e. The highest BCUT2D eigenvalue weighted by molar-refractivity contribution is 6.31. The molecule has 0 N–H and O–H groups in total. The monoisotopic (exact) mass is 378 g/mol. The molecule has 1 heterocycles. The van der Waals surface area contributed by atoms with Crippen LogP contribution < -0.4 is 12.4 Å². The molecule has 0 aliphatic heterocycles. The zero-order valence-corrected chi connectivity index (χ0v) is 15.2. The van der Waals surface area contributed by atoms with Gasteiger partial charge < -0.3 is 17.1 Å². The van der Waals surface area contributed by atoms with Crippen LogP contribution in [-0.4, -0.2) is 17.6 Å². The highest BCUT2D eigenvalue weighted by Gasteiger charge is 2.23. The lowest BCUT2D eigenvalue weighted by atomic mass is 9.94. The van der Waals surface area contributed by atoms with E-state index in [9.17, 15) is 9.18 Å². The van der Waals surface area contributed by atoms with Gasteiger partial charge in [0, 0.05) is 21.5 Å². The lowest BCUT2D eigenvalue weighted by Crippen LogP contribution is -3.00. The van der Waals surface area contributed by atoms with E-state index in [1.54, 1.807) is 50.2 Å². The van der Waals surface area contributed by atoms with Gasteiger partial charge in [0.15, 0.2) is 0 Å². The van der Waals surface area contributed by atoms with Gasteiger partial charge >= 0.3 is 5.97 Å².